The minimum absolute atomic E-state index is 0.177. The normalized spacial score (nSPS) is 24.8. The lowest BCUT2D eigenvalue weighted by molar-refractivity contribution is -0.140. The summed E-state index contributed by atoms with van der Waals surface area (Å²) < 4.78 is 17.8. The Morgan fingerprint density at radius 2 is 1.85 bits per heavy atom. The highest BCUT2D eigenvalue weighted by molar-refractivity contribution is 6.74. The summed E-state index contributed by atoms with van der Waals surface area (Å²) in [6.45, 7) is 18.9. The summed E-state index contributed by atoms with van der Waals surface area (Å²) in [6, 6.07) is 0.255. The van der Waals surface area contributed by atoms with E-state index in [0.29, 0.717) is 13.0 Å². The van der Waals surface area contributed by atoms with Crippen LogP contribution in [0.4, 0.5) is 0 Å². The molecule has 2 heterocycles. The van der Waals surface area contributed by atoms with E-state index in [1.54, 1.807) is 7.11 Å². The van der Waals surface area contributed by atoms with Crippen molar-refractivity contribution < 1.29 is 18.7 Å². The molecule has 1 fully saturated rings. The first-order valence-electron chi connectivity index (χ1n) is 10.2. The molecule has 0 aromatic rings. The van der Waals surface area contributed by atoms with Crippen molar-refractivity contribution in [1.29, 1.82) is 0 Å². The molecule has 27 heavy (non-hydrogen) atoms. The van der Waals surface area contributed by atoms with Gasteiger partial charge in [-0.15, -0.1) is 0 Å². The van der Waals surface area contributed by atoms with Crippen molar-refractivity contribution in [2.45, 2.75) is 96.7 Å². The van der Waals surface area contributed by atoms with Crippen LogP contribution >= 0.6 is 0 Å². The van der Waals surface area contributed by atoms with Crippen LogP contribution in [0.5, 0.6) is 0 Å². The number of hydrogen-bond donors (Lipinski definition) is 0. The number of methoxy groups -OCH3 is 1. The van der Waals surface area contributed by atoms with E-state index in [1.165, 1.54) is 0 Å². The average Bonchev–Trinajstić information content (AvgIpc) is 3.12. The number of esters is 1. The smallest absolute Gasteiger partial charge is 0.336 e. The zero-order valence-corrected chi connectivity index (χ0v) is 19.8. The molecule has 0 N–H and O–H groups in total. The fourth-order valence-corrected chi connectivity index (χ4v) is 4.83. The molecule has 0 unspecified atom stereocenters. The lowest BCUT2D eigenvalue weighted by atomic mass is 9.95. The first-order chi connectivity index (χ1) is 12.3. The molecule has 5 nitrogen and oxygen atoms in total. The minimum Gasteiger partial charge on any atom is -0.452 e. The predicted octanol–water partition coefficient (Wildman–Crippen LogP) is 4.49. The summed E-state index contributed by atoms with van der Waals surface area (Å²) in [4.78, 5) is 14.7. The zero-order valence-electron chi connectivity index (χ0n) is 18.8. The number of rotatable bonds is 7. The molecule has 2 aliphatic heterocycles. The Labute approximate surface area is 166 Å². The molecule has 6 heteroatoms. The molecule has 2 aliphatic rings. The van der Waals surface area contributed by atoms with Gasteiger partial charge in [-0.25, -0.2) is 4.79 Å². The average molecular weight is 398 g/mol. The number of carbonyl (C=O) groups is 1. The maximum absolute atomic E-state index is 12.3. The topological polar surface area (TPSA) is 48.0 Å². The van der Waals surface area contributed by atoms with Crippen molar-refractivity contribution >= 4 is 14.3 Å². The van der Waals surface area contributed by atoms with Crippen LogP contribution in [0.2, 0.25) is 18.1 Å². The van der Waals surface area contributed by atoms with Gasteiger partial charge in [0.25, 0.3) is 0 Å². The van der Waals surface area contributed by atoms with Gasteiger partial charge >= 0.3 is 5.97 Å². The van der Waals surface area contributed by atoms with Crippen LogP contribution in [0.25, 0.3) is 0 Å². The van der Waals surface area contributed by atoms with Crippen LogP contribution < -0.4 is 0 Å². The Balaban J connectivity index is 2.13. The van der Waals surface area contributed by atoms with E-state index in [1.807, 2.05) is 6.92 Å². The van der Waals surface area contributed by atoms with Gasteiger partial charge in [0.2, 0.25) is 0 Å². The van der Waals surface area contributed by atoms with E-state index in [4.69, 9.17) is 13.9 Å². The zero-order chi connectivity index (χ0) is 20.6. The highest BCUT2D eigenvalue weighted by Gasteiger charge is 2.44. The number of ether oxygens (including phenoxy) is 2. The second-order valence-electron chi connectivity index (χ2n) is 9.96. The Kier molecular flexibility index (Phi) is 6.54. The van der Waals surface area contributed by atoms with Crippen LogP contribution in [-0.4, -0.2) is 57.2 Å². The van der Waals surface area contributed by atoms with Crippen molar-refractivity contribution in [3.63, 3.8) is 0 Å². The molecule has 2 atom stereocenters. The first kappa shape index (κ1) is 22.4. The lowest BCUT2D eigenvalue weighted by Gasteiger charge is -2.40. The molecule has 156 valence electrons. The number of cyclic esters (lactones) is 1. The summed E-state index contributed by atoms with van der Waals surface area (Å²) in [7, 11) is -0.0412. The molecule has 0 spiro atoms. The molecule has 1 saturated heterocycles. The van der Waals surface area contributed by atoms with Crippen molar-refractivity contribution in [3.8, 4) is 0 Å². The molecule has 0 amide bonds. The Bertz CT molecular complexity index is 591. The van der Waals surface area contributed by atoms with Crippen LogP contribution in [0.3, 0.4) is 0 Å². The second-order valence-corrected chi connectivity index (χ2v) is 14.8. The third-order valence-corrected chi connectivity index (χ3v) is 11.3. The van der Waals surface area contributed by atoms with Gasteiger partial charge in [0, 0.05) is 26.7 Å². The van der Waals surface area contributed by atoms with Gasteiger partial charge in [-0.05, 0) is 51.7 Å². The second kappa shape index (κ2) is 7.88. The summed E-state index contributed by atoms with van der Waals surface area (Å²) in [5.74, 6) is -0.191. The van der Waals surface area contributed by atoms with E-state index < -0.39 is 8.32 Å². The number of likely N-dealkylation sites (tertiary alicyclic amines) is 1. The molecule has 0 aromatic carbocycles. The maximum atomic E-state index is 12.3. The van der Waals surface area contributed by atoms with Crippen LogP contribution in [-0.2, 0) is 18.7 Å². The molecule has 0 aromatic heterocycles. The highest BCUT2D eigenvalue weighted by atomic mass is 28.4. The van der Waals surface area contributed by atoms with Crippen LogP contribution in [0.15, 0.2) is 11.3 Å². The van der Waals surface area contributed by atoms with Crippen LogP contribution in [0, 0.1) is 0 Å². The van der Waals surface area contributed by atoms with E-state index in [2.05, 4.69) is 52.6 Å². The maximum Gasteiger partial charge on any atom is 0.336 e. The van der Waals surface area contributed by atoms with Crippen molar-refractivity contribution in [3.05, 3.63) is 11.3 Å². The highest BCUT2D eigenvalue weighted by Crippen LogP contribution is 2.39. The monoisotopic (exact) mass is 397 g/mol. The molecular weight excluding hydrogens is 358 g/mol. The van der Waals surface area contributed by atoms with Gasteiger partial charge in [0.05, 0.1) is 22.9 Å². The summed E-state index contributed by atoms with van der Waals surface area (Å²) in [5, 5.41) is 0.177. The standard InChI is InChI=1S/C21H39NO4Si/c1-15-18(22-13-10-11-17(22)21(5,6)24-7)16(26-19(15)23)12-14-25-27(8,9)20(2,3)4/h16-17H,10-14H2,1-9H3/t16-,17-/m0/s1. The van der Waals surface area contributed by atoms with E-state index in [9.17, 15) is 4.79 Å². The molecule has 2 rings (SSSR count). The summed E-state index contributed by atoms with van der Waals surface area (Å²) in [5.41, 5.74) is 1.52. The van der Waals surface area contributed by atoms with E-state index in [-0.39, 0.29) is 28.8 Å². The van der Waals surface area contributed by atoms with Gasteiger partial charge in [-0.1, -0.05) is 20.8 Å². The van der Waals surface area contributed by atoms with Gasteiger partial charge < -0.3 is 18.8 Å². The number of hydrogen-bond acceptors (Lipinski definition) is 5. The van der Waals surface area contributed by atoms with Gasteiger partial charge in [-0.2, -0.15) is 0 Å². The number of carbonyl (C=O) groups excluding carboxylic acids is 1. The van der Waals surface area contributed by atoms with E-state index >= 15 is 0 Å². The predicted molar refractivity (Wildman–Crippen MR) is 111 cm³/mol. The molecule has 0 aliphatic carbocycles. The minimum atomic E-state index is -1.80. The van der Waals surface area contributed by atoms with Crippen molar-refractivity contribution in [2.75, 3.05) is 20.3 Å². The first-order valence-corrected chi connectivity index (χ1v) is 13.1. The van der Waals surface area contributed by atoms with Gasteiger partial charge in [0.1, 0.15) is 6.10 Å². The van der Waals surface area contributed by atoms with Gasteiger partial charge in [-0.3, -0.25) is 0 Å². The fourth-order valence-electron chi connectivity index (χ4n) is 3.77. The van der Waals surface area contributed by atoms with E-state index in [0.717, 1.165) is 30.7 Å². The summed E-state index contributed by atoms with van der Waals surface area (Å²) >= 11 is 0. The molecule has 0 radical (unpaired) electrons. The number of nitrogens with zero attached hydrogens (tertiary/aromatic N) is 1. The Morgan fingerprint density at radius 1 is 1.22 bits per heavy atom. The van der Waals surface area contributed by atoms with Gasteiger partial charge in [0.15, 0.2) is 8.32 Å². The van der Waals surface area contributed by atoms with Crippen molar-refractivity contribution in [2.24, 2.45) is 0 Å². The Morgan fingerprint density at radius 3 is 2.41 bits per heavy atom. The molecule has 0 saturated carbocycles. The fraction of sp³-hybridized carbons (Fsp3) is 0.857. The lowest BCUT2D eigenvalue weighted by Crippen LogP contribution is -2.48. The molecule has 0 bridgehead atoms. The quantitative estimate of drug-likeness (QED) is 0.468. The largest absolute Gasteiger partial charge is 0.452 e. The summed E-state index contributed by atoms with van der Waals surface area (Å²) in [6.07, 6.45) is 2.67. The SMILES string of the molecule is COC(C)(C)[C@@H]1CCCN1C1=C(C)C(=O)O[C@H]1CCO[Si](C)(C)C(C)(C)C. The Hall–Kier alpha value is -0.853. The van der Waals surface area contributed by atoms with Crippen molar-refractivity contribution in [1.82, 2.24) is 4.90 Å². The van der Waals surface area contributed by atoms with Crippen LogP contribution in [0.1, 0.15) is 60.8 Å². The third kappa shape index (κ3) is 4.60. The molecular formula is C21H39NO4Si. The third-order valence-electron chi connectivity index (χ3n) is 6.78.